The van der Waals surface area contributed by atoms with Gasteiger partial charge in [0.15, 0.2) is 0 Å². The van der Waals surface area contributed by atoms with Crippen molar-refractivity contribution < 1.29 is 10.2 Å². The van der Waals surface area contributed by atoms with Gasteiger partial charge in [0, 0.05) is 6.07 Å². The minimum Gasteiger partial charge on any atom is -0.508 e. The second-order valence-electron chi connectivity index (χ2n) is 4.92. The second kappa shape index (κ2) is 3.91. The lowest BCUT2D eigenvalue weighted by molar-refractivity contribution is 0.377. The largest absolute Gasteiger partial charge is 0.508 e. The Morgan fingerprint density at radius 3 is 1.93 bits per heavy atom. The Morgan fingerprint density at radius 2 is 1.50 bits per heavy atom. The summed E-state index contributed by atoms with van der Waals surface area (Å²) in [6, 6.07) is 4.75. The number of hydrogen-bond acceptors (Lipinski definition) is 2. The summed E-state index contributed by atoms with van der Waals surface area (Å²) in [5, 5.41) is 18.5. The first-order valence-electron chi connectivity index (χ1n) is 4.89. The highest BCUT2D eigenvalue weighted by Crippen LogP contribution is 2.25. The van der Waals surface area contributed by atoms with Crippen molar-refractivity contribution in [1.29, 1.82) is 0 Å². The van der Waals surface area contributed by atoms with E-state index in [0.717, 1.165) is 18.4 Å². The van der Waals surface area contributed by atoms with Gasteiger partial charge in [-0.2, -0.15) is 0 Å². The van der Waals surface area contributed by atoms with Gasteiger partial charge in [0.05, 0.1) is 0 Å². The maximum Gasteiger partial charge on any atom is 0.119 e. The van der Waals surface area contributed by atoms with E-state index in [9.17, 15) is 10.2 Å². The first-order chi connectivity index (χ1) is 6.37. The van der Waals surface area contributed by atoms with E-state index in [1.807, 2.05) is 0 Å². The maximum atomic E-state index is 9.26. The Morgan fingerprint density at radius 1 is 1.00 bits per heavy atom. The SMILES string of the molecule is CC(C)(C)CCc1cc(O)cc(O)c1. The molecule has 0 bridgehead atoms. The third-order valence-electron chi connectivity index (χ3n) is 2.13. The van der Waals surface area contributed by atoms with Gasteiger partial charge in [0.2, 0.25) is 0 Å². The minimum absolute atomic E-state index is 0.133. The van der Waals surface area contributed by atoms with Crippen LogP contribution in [-0.2, 0) is 6.42 Å². The standard InChI is InChI=1S/C12H18O2/c1-12(2,3)5-4-9-6-10(13)8-11(14)7-9/h6-8,13-14H,4-5H2,1-3H3. The second-order valence-corrected chi connectivity index (χ2v) is 4.92. The van der Waals surface area contributed by atoms with Crippen LogP contribution >= 0.6 is 0 Å². The Balaban J connectivity index is 2.68. The van der Waals surface area contributed by atoms with E-state index in [1.165, 1.54) is 6.07 Å². The molecule has 0 aromatic heterocycles. The van der Waals surface area contributed by atoms with Gasteiger partial charge in [0.1, 0.15) is 11.5 Å². The molecule has 0 saturated carbocycles. The number of hydrogen-bond donors (Lipinski definition) is 2. The van der Waals surface area contributed by atoms with E-state index in [1.54, 1.807) is 12.1 Å². The first kappa shape index (κ1) is 10.9. The molecule has 2 heteroatoms. The minimum atomic E-state index is 0.133. The molecule has 0 unspecified atom stereocenters. The molecular formula is C12H18O2. The quantitative estimate of drug-likeness (QED) is 0.759. The van der Waals surface area contributed by atoms with Crippen molar-refractivity contribution in [3.8, 4) is 11.5 Å². The fourth-order valence-corrected chi connectivity index (χ4v) is 1.32. The van der Waals surface area contributed by atoms with Gasteiger partial charge in [-0.25, -0.2) is 0 Å². The Bertz CT molecular complexity index is 290. The zero-order valence-corrected chi connectivity index (χ0v) is 9.04. The summed E-state index contributed by atoms with van der Waals surface area (Å²) in [5.74, 6) is 0.266. The predicted octanol–water partition coefficient (Wildman–Crippen LogP) is 3.08. The summed E-state index contributed by atoms with van der Waals surface area (Å²) < 4.78 is 0. The van der Waals surface area contributed by atoms with Crippen molar-refractivity contribution in [2.45, 2.75) is 33.6 Å². The van der Waals surface area contributed by atoms with Crippen molar-refractivity contribution in [2.24, 2.45) is 5.41 Å². The summed E-state index contributed by atoms with van der Waals surface area (Å²) >= 11 is 0. The molecule has 78 valence electrons. The van der Waals surface area contributed by atoms with Crippen molar-refractivity contribution in [1.82, 2.24) is 0 Å². The van der Waals surface area contributed by atoms with Crippen molar-refractivity contribution in [3.05, 3.63) is 23.8 Å². The van der Waals surface area contributed by atoms with Crippen LogP contribution in [0.15, 0.2) is 18.2 Å². The van der Waals surface area contributed by atoms with Crippen LogP contribution < -0.4 is 0 Å². The fraction of sp³-hybridized carbons (Fsp3) is 0.500. The summed E-state index contributed by atoms with van der Waals surface area (Å²) in [4.78, 5) is 0. The molecule has 0 fully saturated rings. The highest BCUT2D eigenvalue weighted by Gasteiger charge is 2.10. The van der Waals surface area contributed by atoms with Gasteiger partial charge in [-0.1, -0.05) is 20.8 Å². The zero-order chi connectivity index (χ0) is 10.8. The first-order valence-corrected chi connectivity index (χ1v) is 4.89. The lowest BCUT2D eigenvalue weighted by Gasteiger charge is -2.17. The Hall–Kier alpha value is -1.18. The van der Waals surface area contributed by atoms with Crippen LogP contribution in [-0.4, -0.2) is 10.2 Å². The zero-order valence-electron chi connectivity index (χ0n) is 9.04. The van der Waals surface area contributed by atoms with Gasteiger partial charge in [0.25, 0.3) is 0 Å². The van der Waals surface area contributed by atoms with E-state index in [2.05, 4.69) is 20.8 Å². The van der Waals surface area contributed by atoms with Crippen molar-refractivity contribution >= 4 is 0 Å². The van der Waals surface area contributed by atoms with Gasteiger partial charge >= 0.3 is 0 Å². The molecule has 1 aromatic rings. The molecule has 0 radical (unpaired) electrons. The average molecular weight is 194 g/mol. The van der Waals surface area contributed by atoms with Crippen LogP contribution in [0.2, 0.25) is 0 Å². The summed E-state index contributed by atoms with van der Waals surface area (Å²) in [6.45, 7) is 6.53. The Kier molecular flexibility index (Phi) is 3.04. The lowest BCUT2D eigenvalue weighted by Crippen LogP contribution is -2.06. The molecule has 0 aliphatic heterocycles. The molecular weight excluding hydrogens is 176 g/mol. The third-order valence-corrected chi connectivity index (χ3v) is 2.13. The summed E-state index contributed by atoms with van der Waals surface area (Å²) in [6.07, 6.45) is 1.92. The van der Waals surface area contributed by atoms with E-state index >= 15 is 0 Å². The maximum absolute atomic E-state index is 9.26. The van der Waals surface area contributed by atoms with Crippen molar-refractivity contribution in [3.63, 3.8) is 0 Å². The van der Waals surface area contributed by atoms with Crippen LogP contribution in [0.3, 0.4) is 0 Å². The van der Waals surface area contributed by atoms with Crippen LogP contribution in [0, 0.1) is 5.41 Å². The van der Waals surface area contributed by atoms with Gasteiger partial charge in [-0.05, 0) is 36.0 Å². The van der Waals surface area contributed by atoms with Crippen LogP contribution in [0.1, 0.15) is 32.8 Å². The molecule has 1 aromatic carbocycles. The van der Waals surface area contributed by atoms with Gasteiger partial charge in [-0.3, -0.25) is 0 Å². The molecule has 1 rings (SSSR count). The highest BCUT2D eigenvalue weighted by atomic mass is 16.3. The molecule has 0 aliphatic rings. The van der Waals surface area contributed by atoms with Gasteiger partial charge < -0.3 is 10.2 Å². The van der Waals surface area contributed by atoms with E-state index in [-0.39, 0.29) is 16.9 Å². The molecule has 0 saturated heterocycles. The molecule has 0 amide bonds. The molecule has 2 N–H and O–H groups in total. The average Bonchev–Trinajstić information content (AvgIpc) is 1.97. The molecule has 14 heavy (non-hydrogen) atoms. The molecule has 2 nitrogen and oxygen atoms in total. The normalized spacial score (nSPS) is 11.6. The fourth-order valence-electron chi connectivity index (χ4n) is 1.32. The predicted molar refractivity (Wildman–Crippen MR) is 57.5 cm³/mol. The number of aromatic hydroxyl groups is 2. The number of rotatable bonds is 2. The third kappa shape index (κ3) is 3.69. The molecule has 0 aliphatic carbocycles. The van der Waals surface area contributed by atoms with Gasteiger partial charge in [-0.15, -0.1) is 0 Å². The van der Waals surface area contributed by atoms with E-state index in [4.69, 9.17) is 0 Å². The van der Waals surface area contributed by atoms with Crippen LogP contribution in [0.5, 0.6) is 11.5 Å². The van der Waals surface area contributed by atoms with Crippen LogP contribution in [0.25, 0.3) is 0 Å². The van der Waals surface area contributed by atoms with E-state index in [0.29, 0.717) is 0 Å². The summed E-state index contributed by atoms with van der Waals surface area (Å²) in [7, 11) is 0. The monoisotopic (exact) mass is 194 g/mol. The van der Waals surface area contributed by atoms with E-state index < -0.39 is 0 Å². The lowest BCUT2D eigenvalue weighted by atomic mass is 9.88. The Labute approximate surface area is 85.2 Å². The van der Waals surface area contributed by atoms with Crippen molar-refractivity contribution in [2.75, 3.05) is 0 Å². The number of aryl methyl sites for hydroxylation is 1. The van der Waals surface area contributed by atoms with Crippen LogP contribution in [0.4, 0.5) is 0 Å². The smallest absolute Gasteiger partial charge is 0.119 e. The molecule has 0 atom stereocenters. The molecule has 0 spiro atoms. The molecule has 0 heterocycles. The number of benzene rings is 1. The summed E-state index contributed by atoms with van der Waals surface area (Å²) in [5.41, 5.74) is 1.26. The number of phenolic OH excluding ortho intramolecular Hbond substituents is 2. The number of phenols is 2. The highest BCUT2D eigenvalue weighted by molar-refractivity contribution is 5.36. The topological polar surface area (TPSA) is 40.5 Å².